The van der Waals surface area contributed by atoms with Gasteiger partial charge in [-0.25, -0.2) is 13.6 Å². The standard InChI is InChI=1S/C22H27BF2O4/c1-6-27-20(26)18(25)13-11-15-17(24)12-10-14-8-7-9-16(19(14)15)23-28-21(2,3)22(4,5)29-23/h7-10,12,18H,6,11,13H2,1-5H3. The third kappa shape index (κ3) is 4.17. The molecule has 0 aromatic heterocycles. The van der Waals surface area contributed by atoms with Crippen LogP contribution in [-0.2, 0) is 25.3 Å². The fourth-order valence-electron chi connectivity index (χ4n) is 3.49. The summed E-state index contributed by atoms with van der Waals surface area (Å²) in [6, 6.07) is 8.61. The van der Waals surface area contributed by atoms with Crippen LogP contribution >= 0.6 is 0 Å². The molecule has 1 heterocycles. The van der Waals surface area contributed by atoms with Crippen molar-refractivity contribution < 1.29 is 27.6 Å². The summed E-state index contributed by atoms with van der Waals surface area (Å²) in [5.74, 6) is -1.36. The first-order chi connectivity index (χ1) is 13.6. The van der Waals surface area contributed by atoms with Gasteiger partial charge in [-0.2, -0.15) is 0 Å². The molecule has 0 saturated carbocycles. The van der Waals surface area contributed by atoms with E-state index in [9.17, 15) is 13.6 Å². The van der Waals surface area contributed by atoms with Gasteiger partial charge in [-0.15, -0.1) is 0 Å². The lowest BCUT2D eigenvalue weighted by Gasteiger charge is -2.32. The third-order valence-corrected chi connectivity index (χ3v) is 5.83. The van der Waals surface area contributed by atoms with E-state index in [1.165, 1.54) is 6.07 Å². The molecule has 4 nitrogen and oxygen atoms in total. The number of fused-ring (bicyclic) bond motifs is 1. The van der Waals surface area contributed by atoms with Gasteiger partial charge in [-0.1, -0.05) is 24.3 Å². The van der Waals surface area contributed by atoms with Crippen LogP contribution in [0, 0.1) is 5.82 Å². The fourth-order valence-corrected chi connectivity index (χ4v) is 3.49. The third-order valence-electron chi connectivity index (χ3n) is 5.83. The summed E-state index contributed by atoms with van der Waals surface area (Å²) in [4.78, 5) is 11.6. The first kappa shape index (κ1) is 21.7. The van der Waals surface area contributed by atoms with Crippen molar-refractivity contribution >= 4 is 29.3 Å². The first-order valence-electron chi connectivity index (χ1n) is 9.93. The highest BCUT2D eigenvalue weighted by Gasteiger charge is 2.52. The van der Waals surface area contributed by atoms with Crippen molar-refractivity contribution in [2.45, 2.75) is 64.8 Å². The Morgan fingerprint density at radius 2 is 1.79 bits per heavy atom. The van der Waals surface area contributed by atoms with Crippen LogP contribution in [0.25, 0.3) is 10.8 Å². The average molecular weight is 404 g/mol. The van der Waals surface area contributed by atoms with E-state index in [0.29, 0.717) is 16.4 Å². The molecule has 7 heteroatoms. The number of halogens is 2. The highest BCUT2D eigenvalue weighted by molar-refractivity contribution is 6.65. The van der Waals surface area contributed by atoms with Crippen LogP contribution in [0.15, 0.2) is 30.3 Å². The number of rotatable bonds is 6. The smallest absolute Gasteiger partial charge is 0.464 e. The minimum atomic E-state index is -1.80. The Labute approximate surface area is 170 Å². The molecular formula is C22H27BF2O4. The largest absolute Gasteiger partial charge is 0.495 e. The first-order valence-corrected chi connectivity index (χ1v) is 9.93. The van der Waals surface area contributed by atoms with Gasteiger partial charge in [-0.3, -0.25) is 0 Å². The van der Waals surface area contributed by atoms with Crippen LogP contribution in [0.4, 0.5) is 8.78 Å². The van der Waals surface area contributed by atoms with E-state index in [1.807, 2.05) is 45.9 Å². The molecule has 1 unspecified atom stereocenters. The molecule has 0 radical (unpaired) electrons. The van der Waals surface area contributed by atoms with Crippen LogP contribution in [0.2, 0.25) is 0 Å². The molecule has 1 fully saturated rings. The Bertz CT molecular complexity index is 897. The number of carbonyl (C=O) groups is 1. The molecule has 0 spiro atoms. The van der Waals surface area contributed by atoms with E-state index in [-0.39, 0.29) is 19.4 Å². The van der Waals surface area contributed by atoms with Gasteiger partial charge in [0.2, 0.25) is 0 Å². The number of ether oxygens (including phenoxy) is 1. The molecule has 0 aliphatic carbocycles. The van der Waals surface area contributed by atoms with E-state index >= 15 is 0 Å². The van der Waals surface area contributed by atoms with Gasteiger partial charge in [0.25, 0.3) is 0 Å². The Morgan fingerprint density at radius 3 is 2.41 bits per heavy atom. The van der Waals surface area contributed by atoms with Crippen LogP contribution in [0.3, 0.4) is 0 Å². The SMILES string of the molecule is CCOC(=O)C(F)CCc1c(F)ccc2cccc(B3OC(C)(C)C(C)(C)O3)c12. The molecular weight excluding hydrogens is 377 g/mol. The number of alkyl halides is 1. The molecule has 0 bridgehead atoms. The van der Waals surface area contributed by atoms with Gasteiger partial charge in [0.1, 0.15) is 5.82 Å². The zero-order valence-corrected chi connectivity index (χ0v) is 17.6. The predicted molar refractivity (Wildman–Crippen MR) is 109 cm³/mol. The molecule has 1 saturated heterocycles. The van der Waals surface area contributed by atoms with Crippen LogP contribution in [0.1, 0.15) is 46.6 Å². The summed E-state index contributed by atoms with van der Waals surface area (Å²) >= 11 is 0. The number of aryl methyl sites for hydroxylation is 1. The summed E-state index contributed by atoms with van der Waals surface area (Å²) in [6.07, 6.45) is -1.90. The minimum absolute atomic E-state index is 0.0552. The number of hydrogen-bond acceptors (Lipinski definition) is 4. The van der Waals surface area contributed by atoms with Crippen LogP contribution in [-0.4, -0.2) is 37.1 Å². The average Bonchev–Trinajstić information content (AvgIpc) is 2.87. The number of benzene rings is 2. The zero-order chi connectivity index (χ0) is 21.4. The van der Waals surface area contributed by atoms with E-state index in [1.54, 1.807) is 13.0 Å². The maximum atomic E-state index is 14.8. The molecule has 3 rings (SSSR count). The summed E-state index contributed by atoms with van der Waals surface area (Å²) in [7, 11) is -0.671. The normalized spacial score (nSPS) is 18.8. The summed E-state index contributed by atoms with van der Waals surface area (Å²) in [6.45, 7) is 9.53. The predicted octanol–water partition coefficient (Wildman–Crippen LogP) is 4.11. The van der Waals surface area contributed by atoms with Crippen molar-refractivity contribution in [2.75, 3.05) is 6.61 Å². The lowest BCUT2D eigenvalue weighted by Crippen LogP contribution is -2.41. The molecule has 2 aromatic carbocycles. The van der Waals surface area contributed by atoms with E-state index in [2.05, 4.69) is 0 Å². The molecule has 1 aliphatic heterocycles. The Kier molecular flexibility index (Phi) is 6.02. The number of carbonyl (C=O) groups excluding carboxylic acids is 1. The highest BCUT2D eigenvalue weighted by atomic mass is 19.1. The van der Waals surface area contributed by atoms with Crippen molar-refractivity contribution in [3.05, 3.63) is 41.7 Å². The molecule has 1 atom stereocenters. The molecule has 29 heavy (non-hydrogen) atoms. The van der Waals surface area contributed by atoms with Crippen LogP contribution in [0.5, 0.6) is 0 Å². The highest BCUT2D eigenvalue weighted by Crippen LogP contribution is 2.37. The van der Waals surface area contributed by atoms with Crippen molar-refractivity contribution in [3.63, 3.8) is 0 Å². The molecule has 0 N–H and O–H groups in total. The Balaban J connectivity index is 1.99. The van der Waals surface area contributed by atoms with Gasteiger partial charge in [-0.05, 0) is 75.3 Å². The van der Waals surface area contributed by atoms with Gasteiger partial charge < -0.3 is 14.0 Å². The zero-order valence-electron chi connectivity index (χ0n) is 17.6. The lowest BCUT2D eigenvalue weighted by molar-refractivity contribution is -0.149. The molecule has 0 amide bonds. The van der Waals surface area contributed by atoms with Crippen molar-refractivity contribution in [3.8, 4) is 0 Å². The summed E-state index contributed by atoms with van der Waals surface area (Å²) in [5, 5.41) is 1.45. The molecule has 1 aliphatic rings. The van der Waals surface area contributed by atoms with Gasteiger partial charge in [0.05, 0.1) is 17.8 Å². The topological polar surface area (TPSA) is 44.8 Å². The van der Waals surface area contributed by atoms with Crippen molar-refractivity contribution in [1.29, 1.82) is 0 Å². The van der Waals surface area contributed by atoms with Gasteiger partial charge in [0, 0.05) is 0 Å². The van der Waals surface area contributed by atoms with E-state index in [4.69, 9.17) is 14.0 Å². The summed E-state index contributed by atoms with van der Waals surface area (Å²) in [5.41, 5.74) is -0.0373. The molecule has 2 aromatic rings. The second-order valence-electron chi connectivity index (χ2n) is 8.32. The Hall–Kier alpha value is -1.99. The van der Waals surface area contributed by atoms with Crippen LogP contribution < -0.4 is 5.46 Å². The Morgan fingerprint density at radius 1 is 1.14 bits per heavy atom. The van der Waals surface area contributed by atoms with E-state index < -0.39 is 36.3 Å². The number of hydrogen-bond donors (Lipinski definition) is 0. The lowest BCUT2D eigenvalue weighted by atomic mass is 9.74. The second kappa shape index (κ2) is 8.03. The quantitative estimate of drug-likeness (QED) is 0.537. The number of esters is 1. The monoisotopic (exact) mass is 404 g/mol. The maximum Gasteiger partial charge on any atom is 0.495 e. The van der Waals surface area contributed by atoms with Crippen molar-refractivity contribution in [2.24, 2.45) is 0 Å². The van der Waals surface area contributed by atoms with E-state index in [0.717, 1.165) is 5.39 Å². The van der Waals surface area contributed by atoms with Crippen molar-refractivity contribution in [1.82, 2.24) is 0 Å². The minimum Gasteiger partial charge on any atom is -0.464 e. The summed E-state index contributed by atoms with van der Waals surface area (Å²) < 4.78 is 46.0. The fraction of sp³-hybridized carbons (Fsp3) is 0.500. The maximum absolute atomic E-state index is 14.8. The van der Waals surface area contributed by atoms with Gasteiger partial charge in [0.15, 0.2) is 6.17 Å². The van der Waals surface area contributed by atoms with Gasteiger partial charge >= 0.3 is 13.1 Å². The molecule has 156 valence electrons. The second-order valence-corrected chi connectivity index (χ2v) is 8.32.